The van der Waals surface area contributed by atoms with Crippen LogP contribution in [-0.4, -0.2) is 61.7 Å². The summed E-state index contributed by atoms with van der Waals surface area (Å²) < 4.78 is 0. The van der Waals surface area contributed by atoms with Gasteiger partial charge < -0.3 is 15.1 Å². The van der Waals surface area contributed by atoms with E-state index in [2.05, 4.69) is 28.1 Å². The molecule has 2 saturated heterocycles. The van der Waals surface area contributed by atoms with Gasteiger partial charge in [0.05, 0.1) is 6.07 Å². The van der Waals surface area contributed by atoms with Crippen molar-refractivity contribution in [3.8, 4) is 6.07 Å². The zero-order valence-electron chi connectivity index (χ0n) is 13.0. The summed E-state index contributed by atoms with van der Waals surface area (Å²) in [6.45, 7) is 10.3. The molecule has 0 aliphatic carbocycles. The van der Waals surface area contributed by atoms with Crippen LogP contribution >= 0.6 is 0 Å². The standard InChI is InChI=1S/C16H30N4/c1-2-7-18-16(12-17)14-20-10-5-15(6-11-20)13-19-8-3-4-9-19/h15-16,18H,2-11,13-14H2,1H3. The normalized spacial score (nSPS) is 23.8. The first-order valence-electron chi connectivity index (χ1n) is 8.39. The van der Waals surface area contributed by atoms with E-state index in [4.69, 9.17) is 0 Å². The molecule has 114 valence electrons. The molecule has 1 N–H and O–H groups in total. The lowest BCUT2D eigenvalue weighted by atomic mass is 9.96. The number of likely N-dealkylation sites (tertiary alicyclic amines) is 2. The molecular weight excluding hydrogens is 248 g/mol. The minimum absolute atomic E-state index is 0.00471. The molecule has 0 spiro atoms. The van der Waals surface area contributed by atoms with Crippen LogP contribution in [-0.2, 0) is 0 Å². The lowest BCUT2D eigenvalue weighted by Crippen LogP contribution is -2.45. The van der Waals surface area contributed by atoms with E-state index in [1.54, 1.807) is 0 Å². The predicted molar refractivity (Wildman–Crippen MR) is 82.5 cm³/mol. The smallest absolute Gasteiger partial charge is 0.108 e. The third-order valence-electron chi connectivity index (χ3n) is 4.66. The van der Waals surface area contributed by atoms with E-state index in [1.165, 1.54) is 58.4 Å². The maximum Gasteiger partial charge on any atom is 0.108 e. The molecule has 4 heteroatoms. The van der Waals surface area contributed by atoms with Crippen LogP contribution in [0.4, 0.5) is 0 Å². The fraction of sp³-hybridized carbons (Fsp3) is 0.938. The number of rotatable bonds is 7. The van der Waals surface area contributed by atoms with Crippen LogP contribution in [0.5, 0.6) is 0 Å². The Morgan fingerprint density at radius 2 is 1.85 bits per heavy atom. The third kappa shape index (κ3) is 5.05. The molecular formula is C16H30N4. The largest absolute Gasteiger partial charge is 0.303 e. The molecule has 2 rings (SSSR count). The predicted octanol–water partition coefficient (Wildman–Crippen LogP) is 1.69. The van der Waals surface area contributed by atoms with E-state index in [9.17, 15) is 5.26 Å². The van der Waals surface area contributed by atoms with Gasteiger partial charge in [-0.1, -0.05) is 6.92 Å². The van der Waals surface area contributed by atoms with Gasteiger partial charge in [0, 0.05) is 13.1 Å². The summed E-state index contributed by atoms with van der Waals surface area (Å²) in [5, 5.41) is 12.5. The molecule has 0 aromatic carbocycles. The summed E-state index contributed by atoms with van der Waals surface area (Å²) in [4.78, 5) is 5.11. The first-order chi connectivity index (χ1) is 9.81. The average molecular weight is 278 g/mol. The number of hydrogen-bond donors (Lipinski definition) is 1. The molecule has 2 aliphatic rings. The van der Waals surface area contributed by atoms with Crippen LogP contribution in [0.1, 0.15) is 39.0 Å². The molecule has 20 heavy (non-hydrogen) atoms. The quantitative estimate of drug-likeness (QED) is 0.769. The topological polar surface area (TPSA) is 42.3 Å². The van der Waals surface area contributed by atoms with Gasteiger partial charge in [0.1, 0.15) is 6.04 Å². The zero-order chi connectivity index (χ0) is 14.2. The molecule has 0 bridgehead atoms. The maximum atomic E-state index is 9.18. The summed E-state index contributed by atoms with van der Waals surface area (Å²) in [5.74, 6) is 0.883. The number of nitrogens with one attached hydrogen (secondary N) is 1. The van der Waals surface area contributed by atoms with Gasteiger partial charge in [-0.15, -0.1) is 0 Å². The van der Waals surface area contributed by atoms with E-state index in [0.29, 0.717) is 0 Å². The highest BCUT2D eigenvalue weighted by Crippen LogP contribution is 2.20. The van der Waals surface area contributed by atoms with Gasteiger partial charge in [0.15, 0.2) is 0 Å². The van der Waals surface area contributed by atoms with Crippen LogP contribution in [0.2, 0.25) is 0 Å². The highest BCUT2D eigenvalue weighted by atomic mass is 15.2. The molecule has 0 amide bonds. The Morgan fingerprint density at radius 3 is 2.45 bits per heavy atom. The first-order valence-corrected chi connectivity index (χ1v) is 8.39. The van der Waals surface area contributed by atoms with E-state index >= 15 is 0 Å². The molecule has 1 atom stereocenters. The van der Waals surface area contributed by atoms with E-state index in [-0.39, 0.29) is 6.04 Å². The van der Waals surface area contributed by atoms with Crippen molar-refractivity contribution < 1.29 is 0 Å². The lowest BCUT2D eigenvalue weighted by molar-refractivity contribution is 0.149. The van der Waals surface area contributed by atoms with Crippen molar-refractivity contribution in [3.63, 3.8) is 0 Å². The molecule has 0 radical (unpaired) electrons. The Kier molecular flexibility index (Phi) is 6.78. The number of nitrogens with zero attached hydrogens (tertiary/aromatic N) is 3. The summed E-state index contributed by atoms with van der Waals surface area (Å²) in [6, 6.07) is 2.40. The summed E-state index contributed by atoms with van der Waals surface area (Å²) in [6.07, 6.45) is 6.50. The Bertz CT molecular complexity index is 298. The van der Waals surface area contributed by atoms with Crippen molar-refractivity contribution in [1.82, 2.24) is 15.1 Å². The molecule has 1 unspecified atom stereocenters. The summed E-state index contributed by atoms with van der Waals surface area (Å²) in [5.41, 5.74) is 0. The van der Waals surface area contributed by atoms with Gasteiger partial charge in [-0.2, -0.15) is 5.26 Å². The van der Waals surface area contributed by atoms with Gasteiger partial charge in [-0.25, -0.2) is 0 Å². The van der Waals surface area contributed by atoms with Gasteiger partial charge in [-0.05, 0) is 70.7 Å². The van der Waals surface area contributed by atoms with E-state index < -0.39 is 0 Å². The minimum atomic E-state index is 0.00471. The van der Waals surface area contributed by atoms with Crippen LogP contribution < -0.4 is 5.32 Å². The monoisotopic (exact) mass is 278 g/mol. The van der Waals surface area contributed by atoms with Crippen molar-refractivity contribution in [1.29, 1.82) is 5.26 Å². The van der Waals surface area contributed by atoms with Crippen LogP contribution in [0.25, 0.3) is 0 Å². The van der Waals surface area contributed by atoms with Gasteiger partial charge in [0.25, 0.3) is 0 Å². The fourth-order valence-electron chi connectivity index (χ4n) is 3.41. The fourth-order valence-corrected chi connectivity index (χ4v) is 3.41. The van der Waals surface area contributed by atoms with Gasteiger partial charge >= 0.3 is 0 Å². The van der Waals surface area contributed by atoms with Gasteiger partial charge in [-0.3, -0.25) is 0 Å². The summed E-state index contributed by atoms with van der Waals surface area (Å²) in [7, 11) is 0. The van der Waals surface area contributed by atoms with Crippen LogP contribution in [0, 0.1) is 17.2 Å². The van der Waals surface area contributed by atoms with Crippen molar-refractivity contribution in [2.24, 2.45) is 5.92 Å². The van der Waals surface area contributed by atoms with E-state index in [1.807, 2.05) is 0 Å². The summed E-state index contributed by atoms with van der Waals surface area (Å²) >= 11 is 0. The molecule has 0 aromatic rings. The SMILES string of the molecule is CCCNC(C#N)CN1CCC(CN2CCCC2)CC1. The Labute approximate surface area is 124 Å². The molecule has 2 heterocycles. The second-order valence-corrected chi connectivity index (χ2v) is 6.39. The third-order valence-corrected chi connectivity index (χ3v) is 4.66. The maximum absolute atomic E-state index is 9.18. The number of nitriles is 1. The Balaban J connectivity index is 1.64. The molecule has 0 saturated carbocycles. The van der Waals surface area contributed by atoms with Crippen molar-refractivity contribution in [2.45, 2.75) is 45.1 Å². The van der Waals surface area contributed by atoms with Crippen molar-refractivity contribution in [2.75, 3.05) is 45.8 Å². The molecule has 0 aromatic heterocycles. The Hall–Kier alpha value is -0.630. The number of piperidine rings is 1. The first kappa shape index (κ1) is 15.8. The van der Waals surface area contributed by atoms with Crippen molar-refractivity contribution in [3.05, 3.63) is 0 Å². The number of hydrogen-bond acceptors (Lipinski definition) is 4. The molecule has 2 fully saturated rings. The van der Waals surface area contributed by atoms with Crippen LogP contribution in [0.15, 0.2) is 0 Å². The van der Waals surface area contributed by atoms with E-state index in [0.717, 1.165) is 25.4 Å². The molecule has 2 aliphatic heterocycles. The molecule has 4 nitrogen and oxygen atoms in total. The minimum Gasteiger partial charge on any atom is -0.303 e. The van der Waals surface area contributed by atoms with Crippen LogP contribution in [0.3, 0.4) is 0 Å². The lowest BCUT2D eigenvalue weighted by Gasteiger charge is -2.34. The second-order valence-electron chi connectivity index (χ2n) is 6.39. The highest BCUT2D eigenvalue weighted by molar-refractivity contribution is 4.93. The van der Waals surface area contributed by atoms with Crippen molar-refractivity contribution >= 4 is 0 Å². The van der Waals surface area contributed by atoms with Gasteiger partial charge in [0.2, 0.25) is 0 Å². The average Bonchev–Trinajstić information content (AvgIpc) is 2.98. The second kappa shape index (κ2) is 8.61. The zero-order valence-corrected chi connectivity index (χ0v) is 13.0. The Morgan fingerprint density at radius 1 is 1.15 bits per heavy atom. The highest BCUT2D eigenvalue weighted by Gasteiger charge is 2.24.